The third-order valence-electron chi connectivity index (χ3n) is 6.40. The fourth-order valence-electron chi connectivity index (χ4n) is 4.61. The van der Waals surface area contributed by atoms with Gasteiger partial charge in [0.05, 0.1) is 17.5 Å². The normalized spacial score (nSPS) is 21.4. The molecule has 4 rings (SSSR count). The minimum atomic E-state index is -1.57. The second-order valence-electron chi connectivity index (χ2n) is 8.43. The van der Waals surface area contributed by atoms with Crippen LogP contribution in [0.15, 0.2) is 96.7 Å². The number of aryl methyl sites for hydroxylation is 1. The van der Waals surface area contributed by atoms with E-state index in [1.54, 1.807) is 0 Å². The Kier molecular flexibility index (Phi) is 6.51. The zero-order valence-electron chi connectivity index (χ0n) is 18.7. The lowest BCUT2D eigenvalue weighted by molar-refractivity contribution is -0.154. The Hall–Kier alpha value is -4.30. The maximum atomic E-state index is 13.2. The molecule has 0 radical (unpaired) electrons. The first-order chi connectivity index (χ1) is 16.4. The van der Waals surface area contributed by atoms with Gasteiger partial charge in [0.25, 0.3) is 0 Å². The molecule has 1 aliphatic heterocycles. The highest BCUT2D eigenvalue weighted by Gasteiger charge is 2.56. The molecule has 3 aromatic rings. The van der Waals surface area contributed by atoms with E-state index in [9.17, 15) is 19.8 Å². The van der Waals surface area contributed by atoms with Crippen molar-refractivity contribution in [3.8, 4) is 11.8 Å². The number of carboxylic acid groups (broad SMARTS) is 2. The fraction of sp³-hybridized carbons (Fsp3) is 0.172. The average Bonchev–Trinajstić information content (AvgIpc) is 2.85. The van der Waals surface area contributed by atoms with E-state index in [-0.39, 0.29) is 12.0 Å². The predicted molar refractivity (Wildman–Crippen MR) is 130 cm³/mol. The SMILES string of the molecule is Cc1ccccc1CC1(C(=O)O)C(C#Cc2ccccc2)C(C(=O)O)=CNC1c1ccccc1. The van der Waals surface area contributed by atoms with E-state index in [1.165, 1.54) is 6.20 Å². The minimum Gasteiger partial charge on any atom is -0.481 e. The first-order valence-corrected chi connectivity index (χ1v) is 11.0. The number of rotatable bonds is 5. The number of nitrogens with one attached hydrogen (secondary N) is 1. The second kappa shape index (κ2) is 9.68. The lowest BCUT2D eigenvalue weighted by atomic mass is 9.60. The number of carboxylic acids is 2. The summed E-state index contributed by atoms with van der Waals surface area (Å²) in [6, 6.07) is 25.3. The van der Waals surface area contributed by atoms with Gasteiger partial charge in [0.1, 0.15) is 5.41 Å². The van der Waals surface area contributed by atoms with E-state index < -0.39 is 29.3 Å². The molecule has 0 saturated carbocycles. The van der Waals surface area contributed by atoms with Crippen LogP contribution in [0.2, 0.25) is 0 Å². The summed E-state index contributed by atoms with van der Waals surface area (Å²) in [6.07, 6.45) is 1.52. The molecule has 0 aromatic heterocycles. The van der Waals surface area contributed by atoms with Crippen molar-refractivity contribution in [2.24, 2.45) is 11.3 Å². The molecule has 3 unspecified atom stereocenters. The second-order valence-corrected chi connectivity index (χ2v) is 8.43. The molecule has 0 bridgehead atoms. The van der Waals surface area contributed by atoms with Crippen molar-refractivity contribution < 1.29 is 19.8 Å². The Morgan fingerprint density at radius 1 is 0.912 bits per heavy atom. The molecule has 170 valence electrons. The van der Waals surface area contributed by atoms with Gasteiger partial charge in [0.15, 0.2) is 0 Å². The highest BCUT2D eigenvalue weighted by molar-refractivity contribution is 5.91. The molecule has 3 aromatic carbocycles. The third kappa shape index (κ3) is 4.31. The molecular formula is C29H25NO4. The summed E-state index contributed by atoms with van der Waals surface area (Å²) >= 11 is 0. The smallest absolute Gasteiger partial charge is 0.334 e. The number of hydrogen-bond donors (Lipinski definition) is 3. The van der Waals surface area contributed by atoms with Gasteiger partial charge in [-0.25, -0.2) is 4.79 Å². The van der Waals surface area contributed by atoms with Crippen LogP contribution in [0.5, 0.6) is 0 Å². The molecule has 0 saturated heterocycles. The maximum Gasteiger partial charge on any atom is 0.334 e. The summed E-state index contributed by atoms with van der Waals surface area (Å²) < 4.78 is 0. The van der Waals surface area contributed by atoms with Gasteiger partial charge in [0.2, 0.25) is 0 Å². The summed E-state index contributed by atoms with van der Waals surface area (Å²) in [5, 5.41) is 24.0. The summed E-state index contributed by atoms with van der Waals surface area (Å²) in [7, 11) is 0. The largest absolute Gasteiger partial charge is 0.481 e. The van der Waals surface area contributed by atoms with Crippen LogP contribution in [-0.4, -0.2) is 22.2 Å². The highest BCUT2D eigenvalue weighted by atomic mass is 16.4. The van der Waals surface area contributed by atoms with Gasteiger partial charge in [-0.2, -0.15) is 0 Å². The van der Waals surface area contributed by atoms with Gasteiger partial charge in [-0.05, 0) is 42.2 Å². The molecule has 5 nitrogen and oxygen atoms in total. The van der Waals surface area contributed by atoms with Crippen LogP contribution in [0.3, 0.4) is 0 Å². The van der Waals surface area contributed by atoms with Gasteiger partial charge in [0, 0.05) is 11.8 Å². The Morgan fingerprint density at radius 3 is 2.15 bits per heavy atom. The van der Waals surface area contributed by atoms with E-state index in [0.29, 0.717) is 5.56 Å². The van der Waals surface area contributed by atoms with E-state index in [4.69, 9.17) is 0 Å². The maximum absolute atomic E-state index is 13.2. The van der Waals surface area contributed by atoms with Crippen LogP contribution in [-0.2, 0) is 16.0 Å². The van der Waals surface area contributed by atoms with Crippen molar-refractivity contribution in [3.05, 3.63) is 119 Å². The number of hydrogen-bond acceptors (Lipinski definition) is 3. The number of carbonyl (C=O) groups is 2. The van der Waals surface area contributed by atoms with Gasteiger partial charge in [-0.3, -0.25) is 4.79 Å². The molecule has 1 heterocycles. The van der Waals surface area contributed by atoms with Gasteiger partial charge < -0.3 is 15.5 Å². The predicted octanol–water partition coefficient (Wildman–Crippen LogP) is 4.59. The van der Waals surface area contributed by atoms with Crippen molar-refractivity contribution in [1.29, 1.82) is 0 Å². The summed E-state index contributed by atoms with van der Waals surface area (Å²) in [5.74, 6) is 2.74. The van der Waals surface area contributed by atoms with Crippen molar-refractivity contribution in [2.75, 3.05) is 0 Å². The molecule has 3 atom stereocenters. The molecular weight excluding hydrogens is 426 g/mol. The van der Waals surface area contributed by atoms with Crippen LogP contribution in [0, 0.1) is 30.1 Å². The van der Waals surface area contributed by atoms with Gasteiger partial charge in [-0.15, -0.1) is 0 Å². The first-order valence-electron chi connectivity index (χ1n) is 11.0. The summed E-state index contributed by atoms with van der Waals surface area (Å²) in [6.45, 7) is 1.93. The van der Waals surface area contributed by atoms with Crippen LogP contribution >= 0.6 is 0 Å². The highest BCUT2D eigenvalue weighted by Crippen LogP contribution is 2.49. The molecule has 0 amide bonds. The van der Waals surface area contributed by atoms with Crippen LogP contribution < -0.4 is 5.32 Å². The Morgan fingerprint density at radius 2 is 1.53 bits per heavy atom. The van der Waals surface area contributed by atoms with Crippen molar-refractivity contribution in [1.82, 2.24) is 5.32 Å². The lowest BCUT2D eigenvalue weighted by Gasteiger charge is -2.45. The zero-order chi connectivity index (χ0) is 24.1. The number of benzene rings is 3. The van der Waals surface area contributed by atoms with E-state index in [2.05, 4.69) is 17.2 Å². The zero-order valence-corrected chi connectivity index (χ0v) is 18.7. The molecule has 0 aliphatic carbocycles. The Balaban J connectivity index is 1.97. The van der Waals surface area contributed by atoms with Crippen molar-refractivity contribution in [3.63, 3.8) is 0 Å². The molecule has 3 N–H and O–H groups in total. The van der Waals surface area contributed by atoms with Crippen LogP contribution in [0.1, 0.15) is 28.3 Å². The lowest BCUT2D eigenvalue weighted by Crippen LogP contribution is -2.53. The van der Waals surface area contributed by atoms with Crippen molar-refractivity contribution in [2.45, 2.75) is 19.4 Å². The minimum absolute atomic E-state index is 0.0633. The standard InChI is InChI=1S/C29H25NO4/c1-20-10-8-9-15-23(20)18-29(28(33)34)25(17-16-21-11-4-2-5-12-21)24(27(31)32)19-30-26(29)22-13-6-3-7-14-22/h2-15,19,25-26,30H,18H2,1H3,(H,31,32)(H,33,34). The molecule has 1 aliphatic rings. The molecule has 5 heteroatoms. The first kappa shape index (κ1) is 22.9. The van der Waals surface area contributed by atoms with E-state index >= 15 is 0 Å². The van der Waals surface area contributed by atoms with Crippen LogP contribution in [0.25, 0.3) is 0 Å². The van der Waals surface area contributed by atoms with E-state index in [1.807, 2.05) is 91.9 Å². The quantitative estimate of drug-likeness (QED) is 0.494. The average molecular weight is 452 g/mol. The fourth-order valence-corrected chi connectivity index (χ4v) is 4.61. The molecule has 34 heavy (non-hydrogen) atoms. The third-order valence-corrected chi connectivity index (χ3v) is 6.40. The van der Waals surface area contributed by atoms with Gasteiger partial charge >= 0.3 is 11.9 Å². The topological polar surface area (TPSA) is 86.6 Å². The number of aliphatic carboxylic acids is 2. The Labute approximate surface area is 198 Å². The monoisotopic (exact) mass is 451 g/mol. The molecule has 0 spiro atoms. The molecule has 0 fully saturated rings. The van der Waals surface area contributed by atoms with Gasteiger partial charge in [-0.1, -0.05) is 84.6 Å². The summed E-state index contributed by atoms with van der Waals surface area (Å²) in [4.78, 5) is 25.5. The van der Waals surface area contributed by atoms with Crippen LogP contribution in [0.4, 0.5) is 0 Å². The summed E-state index contributed by atoms with van der Waals surface area (Å²) in [5.41, 5.74) is 1.59. The Bertz CT molecular complexity index is 1290. The van der Waals surface area contributed by atoms with Crippen molar-refractivity contribution >= 4 is 11.9 Å². The van der Waals surface area contributed by atoms with E-state index in [0.717, 1.165) is 16.7 Å².